The van der Waals surface area contributed by atoms with Gasteiger partial charge in [-0.3, -0.25) is 9.59 Å². The van der Waals surface area contributed by atoms with Crippen molar-refractivity contribution in [1.82, 2.24) is 10.3 Å². The molecule has 6 heteroatoms. The van der Waals surface area contributed by atoms with E-state index in [2.05, 4.69) is 10.3 Å². The van der Waals surface area contributed by atoms with E-state index in [-0.39, 0.29) is 5.56 Å². The average molecular weight is 252 g/mol. The van der Waals surface area contributed by atoms with Crippen molar-refractivity contribution in [2.24, 2.45) is 5.41 Å². The third-order valence-electron chi connectivity index (χ3n) is 2.43. The molecule has 0 aromatic carbocycles. The topological polar surface area (TPSA) is 99.3 Å². The van der Waals surface area contributed by atoms with Gasteiger partial charge in [-0.25, -0.2) is 4.79 Å². The molecule has 1 amide bonds. The number of carbonyl (C=O) groups excluding carboxylic acids is 1. The van der Waals surface area contributed by atoms with E-state index in [1.807, 2.05) is 0 Å². The molecular weight excluding hydrogens is 236 g/mol. The molecule has 1 rings (SSSR count). The van der Waals surface area contributed by atoms with Crippen LogP contribution >= 0.6 is 0 Å². The van der Waals surface area contributed by atoms with Gasteiger partial charge in [0.05, 0.1) is 0 Å². The van der Waals surface area contributed by atoms with Gasteiger partial charge < -0.3 is 15.4 Å². The first-order valence-corrected chi connectivity index (χ1v) is 5.44. The van der Waals surface area contributed by atoms with Gasteiger partial charge in [-0.2, -0.15) is 0 Å². The third kappa shape index (κ3) is 3.44. The molecule has 1 atom stereocenters. The monoisotopic (exact) mass is 252 g/mol. The van der Waals surface area contributed by atoms with Crippen molar-refractivity contribution in [2.45, 2.75) is 26.8 Å². The highest BCUT2D eigenvalue weighted by Gasteiger charge is 2.32. The second-order valence-corrected chi connectivity index (χ2v) is 5.05. The number of pyridine rings is 1. The zero-order valence-electron chi connectivity index (χ0n) is 10.5. The smallest absolute Gasteiger partial charge is 0.326 e. The minimum absolute atomic E-state index is 0.134. The maximum atomic E-state index is 11.8. The normalized spacial score (nSPS) is 12.8. The highest BCUT2D eigenvalue weighted by Crippen LogP contribution is 2.19. The lowest BCUT2D eigenvalue weighted by Gasteiger charge is -2.27. The molecule has 0 bridgehead atoms. The van der Waals surface area contributed by atoms with Gasteiger partial charge in [0.2, 0.25) is 5.56 Å². The molecular formula is C12H16N2O4. The Morgan fingerprint density at radius 2 is 2.00 bits per heavy atom. The standard InChI is InChI=1S/C12H16N2O4/c1-12(2,3)9(11(17)18)14-10(16)7-4-5-13-8(15)6-7/h4-6,9H,1-3H3,(H,13,15)(H,14,16)(H,17,18). The number of hydrogen-bond donors (Lipinski definition) is 3. The summed E-state index contributed by atoms with van der Waals surface area (Å²) in [4.78, 5) is 36.4. The molecule has 1 aromatic rings. The molecule has 0 radical (unpaired) electrons. The molecule has 1 aromatic heterocycles. The number of carboxylic acids is 1. The zero-order chi connectivity index (χ0) is 13.9. The van der Waals surface area contributed by atoms with Crippen LogP contribution in [0.15, 0.2) is 23.1 Å². The first kappa shape index (κ1) is 14.0. The number of aliphatic carboxylic acids is 1. The van der Waals surface area contributed by atoms with Gasteiger partial charge in [0.1, 0.15) is 6.04 Å². The molecule has 0 spiro atoms. The summed E-state index contributed by atoms with van der Waals surface area (Å²) >= 11 is 0. The number of carboxylic acid groups (broad SMARTS) is 1. The summed E-state index contributed by atoms with van der Waals surface area (Å²) in [6.07, 6.45) is 1.34. The van der Waals surface area contributed by atoms with E-state index in [1.54, 1.807) is 20.8 Å². The van der Waals surface area contributed by atoms with Crippen LogP contribution in [0.4, 0.5) is 0 Å². The predicted octanol–water partition coefficient (Wildman–Crippen LogP) is 0.604. The van der Waals surface area contributed by atoms with E-state index < -0.39 is 28.9 Å². The highest BCUT2D eigenvalue weighted by molar-refractivity contribution is 5.96. The summed E-state index contributed by atoms with van der Waals surface area (Å²) in [6, 6.07) is 1.51. The van der Waals surface area contributed by atoms with Crippen molar-refractivity contribution < 1.29 is 14.7 Å². The van der Waals surface area contributed by atoms with E-state index in [0.717, 1.165) is 6.07 Å². The molecule has 0 fully saturated rings. The third-order valence-corrected chi connectivity index (χ3v) is 2.43. The molecule has 1 heterocycles. The molecule has 18 heavy (non-hydrogen) atoms. The van der Waals surface area contributed by atoms with Crippen molar-refractivity contribution in [1.29, 1.82) is 0 Å². The second-order valence-electron chi connectivity index (χ2n) is 5.05. The van der Waals surface area contributed by atoms with Gasteiger partial charge in [-0.15, -0.1) is 0 Å². The molecule has 98 valence electrons. The maximum absolute atomic E-state index is 11.8. The molecule has 0 saturated heterocycles. The fourth-order valence-corrected chi connectivity index (χ4v) is 1.45. The minimum Gasteiger partial charge on any atom is -0.480 e. The fourth-order valence-electron chi connectivity index (χ4n) is 1.45. The van der Waals surface area contributed by atoms with Crippen LogP contribution in [0.25, 0.3) is 0 Å². The van der Waals surface area contributed by atoms with Crippen LogP contribution in [-0.4, -0.2) is 28.0 Å². The van der Waals surface area contributed by atoms with E-state index in [0.29, 0.717) is 0 Å². The van der Waals surface area contributed by atoms with Crippen molar-refractivity contribution in [3.05, 3.63) is 34.2 Å². The van der Waals surface area contributed by atoms with Crippen LogP contribution in [0.3, 0.4) is 0 Å². The van der Waals surface area contributed by atoms with E-state index >= 15 is 0 Å². The number of nitrogens with one attached hydrogen (secondary N) is 2. The molecule has 0 aliphatic carbocycles. The summed E-state index contributed by atoms with van der Waals surface area (Å²) < 4.78 is 0. The number of carbonyl (C=O) groups is 2. The Balaban J connectivity index is 2.93. The van der Waals surface area contributed by atoms with E-state index in [9.17, 15) is 14.4 Å². The summed E-state index contributed by atoms with van der Waals surface area (Å²) in [5.74, 6) is -1.69. The lowest BCUT2D eigenvalue weighted by molar-refractivity contribution is -0.142. The Morgan fingerprint density at radius 3 is 2.44 bits per heavy atom. The molecule has 6 nitrogen and oxygen atoms in total. The Hall–Kier alpha value is -2.11. The van der Waals surface area contributed by atoms with E-state index in [1.165, 1.54) is 12.3 Å². The lowest BCUT2D eigenvalue weighted by Crippen LogP contribution is -2.49. The van der Waals surface area contributed by atoms with Gasteiger partial charge in [0.25, 0.3) is 5.91 Å². The Labute approximate surface area is 104 Å². The molecule has 0 saturated carbocycles. The van der Waals surface area contributed by atoms with Crippen molar-refractivity contribution >= 4 is 11.9 Å². The number of H-pyrrole nitrogens is 1. The lowest BCUT2D eigenvalue weighted by atomic mass is 9.86. The van der Waals surface area contributed by atoms with Crippen LogP contribution < -0.4 is 10.9 Å². The SMILES string of the molecule is CC(C)(C)C(NC(=O)c1cc[nH]c(=O)c1)C(=O)O. The molecule has 3 N–H and O–H groups in total. The molecule has 0 aliphatic rings. The van der Waals surface area contributed by atoms with Crippen molar-refractivity contribution in [3.63, 3.8) is 0 Å². The van der Waals surface area contributed by atoms with Crippen LogP contribution in [0.2, 0.25) is 0 Å². The molecule has 0 aliphatic heterocycles. The number of aromatic nitrogens is 1. The van der Waals surface area contributed by atoms with Crippen LogP contribution in [0.5, 0.6) is 0 Å². The highest BCUT2D eigenvalue weighted by atomic mass is 16.4. The Bertz CT molecular complexity index is 513. The Morgan fingerprint density at radius 1 is 1.39 bits per heavy atom. The van der Waals surface area contributed by atoms with Gasteiger partial charge >= 0.3 is 5.97 Å². The fraction of sp³-hybridized carbons (Fsp3) is 0.417. The summed E-state index contributed by atoms with van der Waals surface area (Å²) in [5.41, 5.74) is -0.901. The van der Waals surface area contributed by atoms with Crippen molar-refractivity contribution in [2.75, 3.05) is 0 Å². The first-order chi connectivity index (χ1) is 8.21. The first-order valence-electron chi connectivity index (χ1n) is 5.44. The van der Waals surface area contributed by atoms with E-state index in [4.69, 9.17) is 5.11 Å². The van der Waals surface area contributed by atoms with Crippen LogP contribution in [0, 0.1) is 5.41 Å². The quantitative estimate of drug-likeness (QED) is 0.733. The van der Waals surface area contributed by atoms with Gasteiger partial charge in [0.15, 0.2) is 0 Å². The number of hydrogen-bond acceptors (Lipinski definition) is 3. The second kappa shape index (κ2) is 5.03. The number of aromatic amines is 1. The van der Waals surface area contributed by atoms with Gasteiger partial charge in [0, 0.05) is 17.8 Å². The van der Waals surface area contributed by atoms with Crippen LogP contribution in [-0.2, 0) is 4.79 Å². The summed E-state index contributed by atoms with van der Waals surface area (Å²) in [5, 5.41) is 11.5. The average Bonchev–Trinajstić information content (AvgIpc) is 2.23. The van der Waals surface area contributed by atoms with Gasteiger partial charge in [-0.1, -0.05) is 20.8 Å². The Kier molecular flexibility index (Phi) is 3.90. The van der Waals surface area contributed by atoms with Crippen LogP contribution in [0.1, 0.15) is 31.1 Å². The largest absolute Gasteiger partial charge is 0.480 e. The van der Waals surface area contributed by atoms with Crippen molar-refractivity contribution in [3.8, 4) is 0 Å². The summed E-state index contributed by atoms with van der Waals surface area (Å²) in [7, 11) is 0. The maximum Gasteiger partial charge on any atom is 0.326 e. The predicted molar refractivity (Wildman–Crippen MR) is 65.4 cm³/mol. The minimum atomic E-state index is -1.11. The summed E-state index contributed by atoms with van der Waals surface area (Å²) in [6.45, 7) is 5.14. The zero-order valence-corrected chi connectivity index (χ0v) is 10.5. The number of amides is 1. The van der Waals surface area contributed by atoms with Gasteiger partial charge in [-0.05, 0) is 11.5 Å². The molecule has 1 unspecified atom stereocenters. The number of rotatable bonds is 3.